The Morgan fingerprint density at radius 2 is 2.11 bits per heavy atom. The van der Waals surface area contributed by atoms with Crippen LogP contribution in [0.2, 0.25) is 0 Å². The van der Waals surface area contributed by atoms with Gasteiger partial charge in [-0.05, 0) is 25.2 Å². The Morgan fingerprint density at radius 3 is 2.53 bits per heavy atom. The number of carboxylic acid groups (broad SMARTS) is 1. The van der Waals surface area contributed by atoms with E-state index in [2.05, 4.69) is 5.32 Å². The summed E-state index contributed by atoms with van der Waals surface area (Å²) in [6, 6.07) is -0.192. The van der Waals surface area contributed by atoms with Crippen LogP contribution in [0.4, 0.5) is 4.79 Å². The van der Waals surface area contributed by atoms with Crippen LogP contribution in [0.3, 0.4) is 0 Å². The number of methoxy groups -OCH3 is 1. The normalized spacial score (nSPS) is 18.3. The molecule has 1 unspecified atom stereocenters. The Kier molecular flexibility index (Phi) is 5.60. The summed E-state index contributed by atoms with van der Waals surface area (Å²) < 4.78 is 5.01. The number of hydrogen-bond acceptors (Lipinski definition) is 3. The second-order valence-corrected chi connectivity index (χ2v) is 5.50. The average Bonchev–Trinajstić information content (AvgIpc) is 2.30. The molecule has 0 bridgehead atoms. The molecule has 6 heteroatoms. The van der Waals surface area contributed by atoms with Crippen molar-refractivity contribution in [3.05, 3.63) is 0 Å². The summed E-state index contributed by atoms with van der Waals surface area (Å²) in [5.41, 5.74) is -0.243. The van der Waals surface area contributed by atoms with Crippen molar-refractivity contribution < 1.29 is 19.4 Å². The van der Waals surface area contributed by atoms with Crippen LogP contribution in [0.25, 0.3) is 0 Å². The summed E-state index contributed by atoms with van der Waals surface area (Å²) in [5, 5.41) is 11.7. The van der Waals surface area contributed by atoms with Gasteiger partial charge >= 0.3 is 12.0 Å². The summed E-state index contributed by atoms with van der Waals surface area (Å²) >= 11 is 0. The fraction of sp³-hybridized carbons (Fsp3) is 0.846. The van der Waals surface area contributed by atoms with Crippen molar-refractivity contribution in [3.8, 4) is 0 Å². The first kappa shape index (κ1) is 15.8. The highest BCUT2D eigenvalue weighted by Gasteiger charge is 2.39. The number of urea groups is 1. The van der Waals surface area contributed by atoms with Crippen molar-refractivity contribution in [2.24, 2.45) is 5.41 Å². The van der Waals surface area contributed by atoms with Gasteiger partial charge in [0.1, 0.15) is 0 Å². The highest BCUT2D eigenvalue weighted by molar-refractivity contribution is 5.74. The maximum Gasteiger partial charge on any atom is 0.317 e. The van der Waals surface area contributed by atoms with E-state index in [1.165, 1.54) is 0 Å². The van der Waals surface area contributed by atoms with Crippen LogP contribution in [-0.2, 0) is 9.53 Å². The van der Waals surface area contributed by atoms with Gasteiger partial charge in [-0.3, -0.25) is 4.79 Å². The predicted octanol–water partition coefficient (Wildman–Crippen LogP) is 1.31. The van der Waals surface area contributed by atoms with Crippen molar-refractivity contribution in [2.75, 3.05) is 27.3 Å². The topological polar surface area (TPSA) is 78.9 Å². The zero-order chi connectivity index (χ0) is 14.5. The lowest BCUT2D eigenvalue weighted by molar-refractivity contribution is -0.141. The molecule has 2 amide bonds. The number of nitrogens with zero attached hydrogens (tertiary/aromatic N) is 1. The van der Waals surface area contributed by atoms with Gasteiger partial charge in [0, 0.05) is 20.7 Å². The van der Waals surface area contributed by atoms with Crippen LogP contribution < -0.4 is 5.32 Å². The predicted molar refractivity (Wildman–Crippen MR) is 71.0 cm³/mol. The van der Waals surface area contributed by atoms with Crippen LogP contribution in [0.1, 0.15) is 32.6 Å². The molecule has 1 aliphatic rings. The van der Waals surface area contributed by atoms with Crippen molar-refractivity contribution in [3.63, 3.8) is 0 Å². The molecule has 1 saturated carbocycles. The molecule has 6 nitrogen and oxygen atoms in total. The third-order valence-electron chi connectivity index (χ3n) is 3.94. The van der Waals surface area contributed by atoms with Gasteiger partial charge in [0.25, 0.3) is 0 Å². The highest BCUT2D eigenvalue weighted by Crippen LogP contribution is 2.43. The molecule has 1 atom stereocenters. The lowest BCUT2D eigenvalue weighted by atomic mass is 9.66. The lowest BCUT2D eigenvalue weighted by Gasteiger charge is -2.41. The second-order valence-electron chi connectivity index (χ2n) is 5.50. The van der Waals surface area contributed by atoms with Crippen molar-refractivity contribution >= 4 is 12.0 Å². The monoisotopic (exact) mass is 272 g/mol. The molecule has 0 heterocycles. The molecule has 1 fully saturated rings. The Morgan fingerprint density at radius 1 is 1.47 bits per heavy atom. The number of carbonyl (C=O) groups is 2. The minimum Gasteiger partial charge on any atom is -0.481 e. The maximum absolute atomic E-state index is 11.9. The van der Waals surface area contributed by atoms with Crippen molar-refractivity contribution in [1.82, 2.24) is 10.2 Å². The smallest absolute Gasteiger partial charge is 0.317 e. The van der Waals surface area contributed by atoms with Crippen LogP contribution in [-0.4, -0.2) is 55.4 Å². The number of hydrogen-bond donors (Lipinski definition) is 2. The number of carboxylic acids is 1. The van der Waals surface area contributed by atoms with E-state index in [0.717, 1.165) is 19.3 Å². The van der Waals surface area contributed by atoms with E-state index < -0.39 is 5.97 Å². The van der Waals surface area contributed by atoms with Gasteiger partial charge in [-0.1, -0.05) is 6.42 Å². The third-order valence-corrected chi connectivity index (χ3v) is 3.94. The lowest BCUT2D eigenvalue weighted by Crippen LogP contribution is -2.49. The molecule has 110 valence electrons. The number of nitrogens with one attached hydrogen (secondary N) is 1. The Labute approximate surface area is 114 Å². The van der Waals surface area contributed by atoms with Crippen LogP contribution in [0.15, 0.2) is 0 Å². The first-order valence-electron chi connectivity index (χ1n) is 6.61. The van der Waals surface area contributed by atoms with Gasteiger partial charge in [-0.15, -0.1) is 0 Å². The molecule has 0 aromatic rings. The third kappa shape index (κ3) is 4.38. The van der Waals surface area contributed by atoms with Gasteiger partial charge in [-0.25, -0.2) is 4.79 Å². The van der Waals surface area contributed by atoms with E-state index >= 15 is 0 Å². The molecular formula is C13H24N2O4. The van der Waals surface area contributed by atoms with Crippen molar-refractivity contribution in [1.29, 1.82) is 0 Å². The standard InChI is InChI=1S/C13H24N2O4/c1-10(8-19-3)15(2)12(18)14-9-13(5-4-6-13)7-11(16)17/h10H,4-9H2,1-3H3,(H,14,18)(H,16,17). The number of ether oxygens (including phenoxy) is 1. The zero-order valence-corrected chi connectivity index (χ0v) is 11.9. The van der Waals surface area contributed by atoms with Crippen LogP contribution in [0, 0.1) is 5.41 Å². The summed E-state index contributed by atoms with van der Waals surface area (Å²) in [6.45, 7) is 2.81. The van der Waals surface area contributed by atoms with Gasteiger partial charge in [0.05, 0.1) is 19.1 Å². The fourth-order valence-electron chi connectivity index (χ4n) is 2.35. The van der Waals surface area contributed by atoms with Crippen molar-refractivity contribution in [2.45, 2.75) is 38.6 Å². The Bertz CT molecular complexity index is 329. The molecule has 2 N–H and O–H groups in total. The molecule has 0 radical (unpaired) electrons. The molecule has 0 aliphatic heterocycles. The second kappa shape index (κ2) is 6.75. The number of carbonyl (C=O) groups excluding carboxylic acids is 1. The van der Waals surface area contributed by atoms with Gasteiger partial charge < -0.3 is 20.1 Å². The Hall–Kier alpha value is -1.30. The first-order chi connectivity index (χ1) is 8.90. The molecular weight excluding hydrogens is 248 g/mol. The van der Waals surface area contributed by atoms with E-state index in [0.29, 0.717) is 13.2 Å². The number of amides is 2. The van der Waals surface area contributed by atoms with Gasteiger partial charge in [-0.2, -0.15) is 0 Å². The van der Waals surface area contributed by atoms with Crippen LogP contribution in [0.5, 0.6) is 0 Å². The molecule has 1 rings (SSSR count). The SMILES string of the molecule is COCC(C)N(C)C(=O)NCC1(CC(=O)O)CCC1. The maximum atomic E-state index is 11.9. The molecule has 19 heavy (non-hydrogen) atoms. The quantitative estimate of drug-likeness (QED) is 0.732. The summed E-state index contributed by atoms with van der Waals surface area (Å²) in [4.78, 5) is 24.4. The van der Waals surface area contributed by atoms with E-state index in [-0.39, 0.29) is 23.9 Å². The number of aliphatic carboxylic acids is 1. The highest BCUT2D eigenvalue weighted by atomic mass is 16.5. The molecule has 0 spiro atoms. The molecule has 0 aromatic heterocycles. The average molecular weight is 272 g/mol. The summed E-state index contributed by atoms with van der Waals surface area (Å²) in [7, 11) is 3.31. The summed E-state index contributed by atoms with van der Waals surface area (Å²) in [5.74, 6) is -0.796. The minimum atomic E-state index is -0.796. The van der Waals surface area contributed by atoms with E-state index in [4.69, 9.17) is 9.84 Å². The van der Waals surface area contributed by atoms with Gasteiger partial charge in [0.15, 0.2) is 0 Å². The molecule has 1 aliphatic carbocycles. The Balaban J connectivity index is 2.42. The minimum absolute atomic E-state index is 0.0122. The fourth-order valence-corrected chi connectivity index (χ4v) is 2.35. The zero-order valence-electron chi connectivity index (χ0n) is 11.9. The van der Waals surface area contributed by atoms with Crippen LogP contribution >= 0.6 is 0 Å². The number of likely N-dealkylation sites (N-methyl/N-ethyl adjacent to an activating group) is 1. The first-order valence-corrected chi connectivity index (χ1v) is 6.61. The molecule has 0 saturated heterocycles. The number of rotatable bonds is 7. The summed E-state index contributed by atoms with van der Waals surface area (Å²) in [6.07, 6.45) is 2.91. The van der Waals surface area contributed by atoms with E-state index in [1.807, 2.05) is 6.92 Å². The van der Waals surface area contributed by atoms with E-state index in [1.54, 1.807) is 19.1 Å². The van der Waals surface area contributed by atoms with E-state index in [9.17, 15) is 9.59 Å². The van der Waals surface area contributed by atoms with Gasteiger partial charge in [0.2, 0.25) is 0 Å². The molecule has 0 aromatic carbocycles. The largest absolute Gasteiger partial charge is 0.481 e.